The summed E-state index contributed by atoms with van der Waals surface area (Å²) in [6.45, 7) is 3.20. The molecular formula is C21H34N2O4S. The Bertz CT molecular complexity index is 696. The van der Waals surface area contributed by atoms with E-state index in [9.17, 15) is 13.2 Å². The Morgan fingerprint density at radius 2 is 1.82 bits per heavy atom. The molecule has 0 bridgehead atoms. The van der Waals surface area contributed by atoms with Crippen LogP contribution in [-0.4, -0.2) is 34.6 Å². The Hall–Kier alpha value is -1.44. The van der Waals surface area contributed by atoms with Crippen molar-refractivity contribution >= 4 is 15.9 Å². The Morgan fingerprint density at radius 3 is 2.43 bits per heavy atom. The summed E-state index contributed by atoms with van der Waals surface area (Å²) in [6, 6.07) is 6.62. The maximum atomic E-state index is 12.4. The smallest absolute Gasteiger partial charge is 0.240 e. The Labute approximate surface area is 169 Å². The number of nitrogens with one attached hydrogen (secondary N) is 2. The number of carbonyl (C=O) groups excluding carboxylic acids is 1. The van der Waals surface area contributed by atoms with Gasteiger partial charge in [-0.05, 0) is 49.3 Å². The van der Waals surface area contributed by atoms with Crippen molar-refractivity contribution in [2.45, 2.75) is 63.3 Å². The molecule has 0 unspecified atom stereocenters. The quantitative estimate of drug-likeness (QED) is 0.549. The summed E-state index contributed by atoms with van der Waals surface area (Å²) < 4.78 is 31.6. The van der Waals surface area contributed by atoms with Crippen molar-refractivity contribution < 1.29 is 17.9 Å². The number of hydrogen-bond donors (Lipinski definition) is 2. The SMILES string of the molecule is CCCCC1CCC(C(=O)NCc2ccc(S(=O)(=O)NCCOC)cc2)CC1. The van der Waals surface area contributed by atoms with E-state index in [1.165, 1.54) is 26.4 Å². The van der Waals surface area contributed by atoms with E-state index in [-0.39, 0.29) is 23.3 Å². The molecule has 0 radical (unpaired) electrons. The summed E-state index contributed by atoms with van der Waals surface area (Å²) in [5.74, 6) is 1.02. The van der Waals surface area contributed by atoms with Gasteiger partial charge in [0.2, 0.25) is 15.9 Å². The molecule has 1 aliphatic rings. The Morgan fingerprint density at radius 1 is 1.14 bits per heavy atom. The Kier molecular flexibility index (Phi) is 9.41. The first-order valence-corrected chi connectivity index (χ1v) is 11.8. The fraction of sp³-hybridized carbons (Fsp3) is 0.667. The molecule has 1 fully saturated rings. The van der Waals surface area contributed by atoms with Crippen LogP contribution in [0.2, 0.25) is 0 Å². The molecular weight excluding hydrogens is 376 g/mol. The molecule has 0 spiro atoms. The lowest BCUT2D eigenvalue weighted by Gasteiger charge is -2.27. The summed E-state index contributed by atoms with van der Waals surface area (Å²) in [6.07, 6.45) is 8.08. The fourth-order valence-corrected chi connectivity index (χ4v) is 4.70. The molecule has 1 aromatic rings. The van der Waals surface area contributed by atoms with E-state index in [0.717, 1.165) is 37.2 Å². The lowest BCUT2D eigenvalue weighted by Crippen LogP contribution is -2.32. The van der Waals surface area contributed by atoms with Crippen LogP contribution in [0.1, 0.15) is 57.4 Å². The van der Waals surface area contributed by atoms with E-state index < -0.39 is 10.0 Å². The number of hydrogen-bond acceptors (Lipinski definition) is 4. The highest BCUT2D eigenvalue weighted by Gasteiger charge is 2.25. The third-order valence-corrected chi connectivity index (χ3v) is 6.96. The first kappa shape index (κ1) is 22.8. The monoisotopic (exact) mass is 410 g/mol. The minimum atomic E-state index is -3.53. The highest BCUT2D eigenvalue weighted by Crippen LogP contribution is 2.32. The van der Waals surface area contributed by atoms with Gasteiger partial charge in [0, 0.05) is 26.1 Å². The van der Waals surface area contributed by atoms with Crippen LogP contribution in [-0.2, 0) is 26.1 Å². The van der Waals surface area contributed by atoms with Crippen molar-refractivity contribution in [3.8, 4) is 0 Å². The van der Waals surface area contributed by atoms with Gasteiger partial charge in [0.1, 0.15) is 0 Å². The molecule has 1 saturated carbocycles. The van der Waals surface area contributed by atoms with Crippen molar-refractivity contribution in [3.05, 3.63) is 29.8 Å². The van der Waals surface area contributed by atoms with Crippen LogP contribution in [0.15, 0.2) is 29.2 Å². The largest absolute Gasteiger partial charge is 0.383 e. The highest BCUT2D eigenvalue weighted by molar-refractivity contribution is 7.89. The zero-order valence-electron chi connectivity index (χ0n) is 17.1. The van der Waals surface area contributed by atoms with Crippen molar-refractivity contribution in [2.24, 2.45) is 11.8 Å². The van der Waals surface area contributed by atoms with Crippen LogP contribution in [0.4, 0.5) is 0 Å². The second-order valence-electron chi connectivity index (χ2n) is 7.61. The van der Waals surface area contributed by atoms with Gasteiger partial charge >= 0.3 is 0 Å². The highest BCUT2D eigenvalue weighted by atomic mass is 32.2. The fourth-order valence-electron chi connectivity index (χ4n) is 3.69. The molecule has 0 aliphatic heterocycles. The summed E-state index contributed by atoms with van der Waals surface area (Å²) in [7, 11) is -2.00. The van der Waals surface area contributed by atoms with Gasteiger partial charge in [-0.2, -0.15) is 0 Å². The zero-order valence-corrected chi connectivity index (χ0v) is 17.9. The first-order valence-electron chi connectivity index (χ1n) is 10.3. The Balaban J connectivity index is 1.78. The van der Waals surface area contributed by atoms with E-state index in [1.54, 1.807) is 24.3 Å². The van der Waals surface area contributed by atoms with Gasteiger partial charge in [-0.1, -0.05) is 38.3 Å². The van der Waals surface area contributed by atoms with Crippen molar-refractivity contribution in [2.75, 3.05) is 20.3 Å². The average molecular weight is 411 g/mol. The molecule has 7 heteroatoms. The van der Waals surface area contributed by atoms with Gasteiger partial charge in [-0.15, -0.1) is 0 Å². The molecule has 2 N–H and O–H groups in total. The third-order valence-electron chi connectivity index (χ3n) is 5.48. The lowest BCUT2D eigenvalue weighted by atomic mass is 9.79. The molecule has 0 saturated heterocycles. The molecule has 1 amide bonds. The average Bonchev–Trinajstić information content (AvgIpc) is 2.71. The number of rotatable bonds is 11. The second kappa shape index (κ2) is 11.5. The predicted octanol–water partition coefficient (Wildman–Crippen LogP) is 3.22. The number of amides is 1. The number of carbonyl (C=O) groups is 1. The van der Waals surface area contributed by atoms with E-state index in [0.29, 0.717) is 13.2 Å². The topological polar surface area (TPSA) is 84.5 Å². The van der Waals surface area contributed by atoms with E-state index >= 15 is 0 Å². The molecule has 1 aliphatic carbocycles. The lowest BCUT2D eigenvalue weighted by molar-refractivity contribution is -0.126. The molecule has 28 heavy (non-hydrogen) atoms. The van der Waals surface area contributed by atoms with Crippen LogP contribution in [0, 0.1) is 11.8 Å². The van der Waals surface area contributed by atoms with E-state index in [1.807, 2.05) is 0 Å². The molecule has 158 valence electrons. The van der Waals surface area contributed by atoms with Crippen molar-refractivity contribution in [1.82, 2.24) is 10.0 Å². The number of methoxy groups -OCH3 is 1. The summed E-state index contributed by atoms with van der Waals surface area (Å²) in [5.41, 5.74) is 0.890. The summed E-state index contributed by atoms with van der Waals surface area (Å²) >= 11 is 0. The summed E-state index contributed by atoms with van der Waals surface area (Å²) in [5, 5.41) is 3.01. The van der Waals surface area contributed by atoms with Crippen LogP contribution >= 0.6 is 0 Å². The maximum Gasteiger partial charge on any atom is 0.240 e. The normalized spacial score (nSPS) is 20.1. The number of ether oxygens (including phenoxy) is 1. The van der Waals surface area contributed by atoms with Crippen LogP contribution in [0.3, 0.4) is 0 Å². The van der Waals surface area contributed by atoms with Crippen molar-refractivity contribution in [1.29, 1.82) is 0 Å². The molecule has 1 aromatic carbocycles. The van der Waals surface area contributed by atoms with Crippen molar-refractivity contribution in [3.63, 3.8) is 0 Å². The maximum absolute atomic E-state index is 12.4. The van der Waals surface area contributed by atoms with E-state index in [4.69, 9.17) is 4.74 Å². The standard InChI is InChI=1S/C21H34N2O4S/c1-3-4-5-17-6-10-19(11-7-17)21(24)22-16-18-8-12-20(13-9-18)28(25,26)23-14-15-27-2/h8-9,12-13,17,19,23H,3-7,10-11,14-16H2,1-2H3,(H,22,24). The van der Waals surface area contributed by atoms with Crippen LogP contribution < -0.4 is 10.0 Å². The third kappa shape index (κ3) is 7.18. The first-order chi connectivity index (χ1) is 13.5. The minimum Gasteiger partial charge on any atom is -0.383 e. The van der Waals surface area contributed by atoms with E-state index in [2.05, 4.69) is 17.0 Å². The zero-order chi connectivity index (χ0) is 20.4. The number of benzene rings is 1. The molecule has 0 atom stereocenters. The molecule has 0 heterocycles. The van der Waals surface area contributed by atoms with Gasteiger partial charge < -0.3 is 10.1 Å². The molecule has 0 aromatic heterocycles. The second-order valence-corrected chi connectivity index (χ2v) is 9.38. The van der Waals surface area contributed by atoms with Gasteiger partial charge in [0.05, 0.1) is 11.5 Å². The van der Waals surface area contributed by atoms with Gasteiger partial charge in [0.25, 0.3) is 0 Å². The predicted molar refractivity (Wildman–Crippen MR) is 110 cm³/mol. The van der Waals surface area contributed by atoms with Gasteiger partial charge in [0.15, 0.2) is 0 Å². The van der Waals surface area contributed by atoms with Gasteiger partial charge in [-0.3, -0.25) is 4.79 Å². The summed E-state index contributed by atoms with van der Waals surface area (Å²) in [4.78, 5) is 12.6. The molecule has 6 nitrogen and oxygen atoms in total. The van der Waals surface area contributed by atoms with Crippen LogP contribution in [0.25, 0.3) is 0 Å². The number of sulfonamides is 1. The number of unbranched alkanes of at least 4 members (excludes halogenated alkanes) is 1. The van der Waals surface area contributed by atoms with Gasteiger partial charge in [-0.25, -0.2) is 13.1 Å². The minimum absolute atomic E-state index is 0.113. The van der Waals surface area contributed by atoms with Crippen LogP contribution in [0.5, 0.6) is 0 Å². The molecule has 2 rings (SSSR count).